The number of pyridine rings is 1. The van der Waals surface area contributed by atoms with E-state index in [9.17, 15) is 0 Å². The predicted molar refractivity (Wildman–Crippen MR) is 173 cm³/mol. The fourth-order valence-corrected chi connectivity index (χ4v) is 6.54. The molecule has 45 heavy (non-hydrogen) atoms. The van der Waals surface area contributed by atoms with E-state index in [-0.39, 0.29) is 28.0 Å². The minimum absolute atomic E-state index is 0. The van der Waals surface area contributed by atoms with Crippen LogP contribution in [0.4, 0.5) is 22.9 Å². The molecule has 0 atom stereocenters. The molecule has 0 amide bonds. The molecule has 8 heteroatoms. The Morgan fingerprint density at radius 2 is 1.47 bits per heavy atom. The molecule has 0 radical (unpaired) electrons. The van der Waals surface area contributed by atoms with Gasteiger partial charge in [0.15, 0.2) is 0 Å². The van der Waals surface area contributed by atoms with Crippen LogP contribution in [0.2, 0.25) is 0 Å². The first-order chi connectivity index (χ1) is 21.7. The molecule has 2 aliphatic heterocycles. The predicted octanol–water partition coefficient (Wildman–Crippen LogP) is 6.71. The van der Waals surface area contributed by atoms with Crippen molar-refractivity contribution in [2.45, 2.75) is 0 Å². The van der Waals surface area contributed by atoms with E-state index >= 15 is 0 Å². The van der Waals surface area contributed by atoms with Crippen LogP contribution < -0.4 is 24.4 Å². The number of hydrogen-bond acceptors (Lipinski definition) is 4. The van der Waals surface area contributed by atoms with Gasteiger partial charge in [-0.1, -0.05) is 89.9 Å². The first-order valence-electron chi connectivity index (χ1n) is 14.6. The van der Waals surface area contributed by atoms with Gasteiger partial charge in [-0.05, 0) is 29.2 Å². The summed E-state index contributed by atoms with van der Waals surface area (Å²) in [4.78, 5) is 9.44. The topological polar surface area (TPSA) is 37.4 Å². The number of aryl methyl sites for hydroxylation is 1. The van der Waals surface area contributed by atoms with E-state index in [4.69, 9.17) is 9.72 Å². The van der Waals surface area contributed by atoms with Crippen molar-refractivity contribution in [3.05, 3.63) is 146 Å². The van der Waals surface area contributed by atoms with Crippen molar-refractivity contribution in [1.29, 1.82) is 0 Å². The Morgan fingerprint density at radius 3 is 2.36 bits per heavy atom. The number of anilines is 4. The zero-order chi connectivity index (χ0) is 29.2. The summed E-state index contributed by atoms with van der Waals surface area (Å²) in [6, 6.07) is 48.5. The van der Waals surface area contributed by atoms with Crippen molar-refractivity contribution in [3.8, 4) is 28.3 Å². The molecule has 5 aromatic carbocycles. The van der Waals surface area contributed by atoms with Gasteiger partial charge in [-0.15, -0.1) is 30.3 Å². The fraction of sp³-hybridized carbons (Fsp3) is 0.0270. The number of para-hydroxylation sites is 3. The number of nitrogens with zero attached hydrogens (tertiary/aromatic N) is 5. The summed E-state index contributed by atoms with van der Waals surface area (Å²) < 4.78 is 10.4. The first-order valence-corrected chi connectivity index (χ1v) is 14.6. The molecule has 0 saturated carbocycles. The molecule has 2 aromatic heterocycles. The SMILES string of the molecule is C[n+]1[c-]n(-c2[c-]c(Oc3[c-]c4c(cc3)N3B(c5ccccc5-c5ccccc53)N4c3ccccn3)ccc2)c2ccccc21.[Pt]. The van der Waals surface area contributed by atoms with Crippen molar-refractivity contribution in [2.24, 2.45) is 7.05 Å². The van der Waals surface area contributed by atoms with Crippen LogP contribution in [0.25, 0.3) is 27.8 Å². The van der Waals surface area contributed by atoms with Crippen LogP contribution in [-0.4, -0.2) is 16.5 Å². The van der Waals surface area contributed by atoms with Crippen molar-refractivity contribution in [3.63, 3.8) is 0 Å². The minimum atomic E-state index is -0.120. The maximum absolute atomic E-state index is 6.45. The third kappa shape index (κ3) is 4.30. The number of hydrogen-bond donors (Lipinski definition) is 0. The zero-order valence-corrected chi connectivity index (χ0v) is 26.4. The normalized spacial score (nSPS) is 12.7. The van der Waals surface area contributed by atoms with Gasteiger partial charge in [-0.25, -0.2) is 4.98 Å². The number of aromatic nitrogens is 3. The number of fused-ring (bicyclic) bond motifs is 9. The zero-order valence-electron chi connectivity index (χ0n) is 24.2. The Labute approximate surface area is 276 Å². The first kappa shape index (κ1) is 27.4. The molecular weight excluding hydrogens is 736 g/mol. The summed E-state index contributed by atoms with van der Waals surface area (Å²) in [5.41, 5.74) is 9.76. The van der Waals surface area contributed by atoms with Crippen LogP contribution in [-0.2, 0) is 28.1 Å². The van der Waals surface area contributed by atoms with Crippen LogP contribution >= 0.6 is 0 Å². The summed E-state index contributed by atoms with van der Waals surface area (Å²) in [7, 11) is 2.00. The largest absolute Gasteiger partial charge is 0.510 e. The quantitative estimate of drug-likeness (QED) is 0.114. The van der Waals surface area contributed by atoms with Gasteiger partial charge >= 0.3 is 6.98 Å². The van der Waals surface area contributed by atoms with E-state index in [1.807, 2.05) is 77.0 Å². The average molecular weight is 761 g/mol. The minimum Gasteiger partial charge on any atom is -0.510 e. The monoisotopic (exact) mass is 760 g/mol. The number of rotatable bonds is 4. The number of imidazole rings is 1. The van der Waals surface area contributed by atoms with Gasteiger partial charge in [0, 0.05) is 50.0 Å². The number of ether oxygens (including phenoxy) is 1. The van der Waals surface area contributed by atoms with Crippen molar-refractivity contribution < 1.29 is 30.4 Å². The standard InChI is InChI=1S/C37H24BN5O.Pt/c1-40-25-41(34-18-7-6-17-33(34)40)26-11-10-12-27(23-26)44-28-20-21-35-36(24-28)43(37-19-8-9-22-39-37)38-31-15-4-2-13-29(31)30-14-3-5-16-32(30)42(35)38;/h2-22H,1H3;/q-2;. The summed E-state index contributed by atoms with van der Waals surface area (Å²) in [6.45, 7) is -0.120. The molecule has 7 aromatic rings. The summed E-state index contributed by atoms with van der Waals surface area (Å²) in [5.74, 6) is 2.05. The maximum atomic E-state index is 6.45. The van der Waals surface area contributed by atoms with E-state index in [1.54, 1.807) is 0 Å². The van der Waals surface area contributed by atoms with Gasteiger partial charge in [0.1, 0.15) is 5.82 Å². The smallest absolute Gasteiger partial charge is 0.409 e. The maximum Gasteiger partial charge on any atom is 0.409 e. The summed E-state index contributed by atoms with van der Waals surface area (Å²) >= 11 is 0. The second-order valence-electron chi connectivity index (χ2n) is 10.9. The third-order valence-corrected chi connectivity index (χ3v) is 8.40. The molecule has 0 saturated heterocycles. The molecule has 0 fully saturated rings. The molecule has 0 bridgehead atoms. The van der Waals surface area contributed by atoms with E-state index in [0.29, 0.717) is 11.5 Å². The van der Waals surface area contributed by atoms with Gasteiger partial charge in [-0.3, -0.25) is 0 Å². The summed E-state index contributed by atoms with van der Waals surface area (Å²) in [6.07, 6.45) is 5.22. The molecule has 6 nitrogen and oxygen atoms in total. The van der Waals surface area contributed by atoms with Crippen LogP contribution in [0.5, 0.6) is 11.5 Å². The molecular formula is C37H24BN5OPt-2. The van der Waals surface area contributed by atoms with Crippen LogP contribution in [0, 0.1) is 18.5 Å². The van der Waals surface area contributed by atoms with Gasteiger partial charge in [0.25, 0.3) is 0 Å². The summed E-state index contributed by atoms with van der Waals surface area (Å²) in [5, 5.41) is 0. The Bertz CT molecular complexity index is 2220. The Morgan fingerprint density at radius 1 is 0.689 bits per heavy atom. The molecule has 0 spiro atoms. The molecule has 9 rings (SSSR count). The molecule has 218 valence electrons. The van der Waals surface area contributed by atoms with E-state index in [0.717, 1.165) is 39.6 Å². The van der Waals surface area contributed by atoms with Gasteiger partial charge < -0.3 is 23.5 Å². The molecule has 0 unspecified atom stereocenters. The van der Waals surface area contributed by atoms with Crippen molar-refractivity contribution in [2.75, 3.05) is 9.62 Å². The Kier molecular flexibility index (Phi) is 6.58. The van der Waals surface area contributed by atoms with Crippen molar-refractivity contribution in [1.82, 2.24) is 9.55 Å². The molecule has 4 heterocycles. The average Bonchev–Trinajstić information content (AvgIpc) is 3.60. The van der Waals surface area contributed by atoms with E-state index < -0.39 is 0 Å². The van der Waals surface area contributed by atoms with E-state index in [1.165, 1.54) is 16.6 Å². The molecule has 0 N–H and O–H groups in total. The van der Waals surface area contributed by atoms with Crippen LogP contribution in [0.15, 0.2) is 128 Å². The van der Waals surface area contributed by atoms with Crippen LogP contribution in [0.1, 0.15) is 0 Å². The van der Waals surface area contributed by atoms with Gasteiger partial charge in [-0.2, -0.15) is 12.1 Å². The fourth-order valence-electron chi connectivity index (χ4n) is 6.54. The molecule has 2 aliphatic rings. The van der Waals surface area contributed by atoms with Crippen molar-refractivity contribution >= 4 is 46.4 Å². The Balaban J connectivity index is 0.00000300. The Hall–Kier alpha value is -5.13. The number of benzene rings is 5. The van der Waals surface area contributed by atoms with E-state index in [2.05, 4.69) is 94.8 Å². The second-order valence-corrected chi connectivity index (χ2v) is 10.9. The second kappa shape index (κ2) is 10.8. The van der Waals surface area contributed by atoms with Crippen LogP contribution in [0.3, 0.4) is 0 Å². The van der Waals surface area contributed by atoms with Gasteiger partial charge in [0.2, 0.25) is 6.33 Å². The third-order valence-electron chi connectivity index (χ3n) is 8.40. The van der Waals surface area contributed by atoms with Gasteiger partial charge in [0.05, 0.1) is 18.1 Å². The molecule has 0 aliphatic carbocycles.